The summed E-state index contributed by atoms with van der Waals surface area (Å²) in [6.07, 6.45) is 2.83. The molecule has 0 saturated heterocycles. The number of nitrogens with one attached hydrogen (secondary N) is 1. The molecule has 0 aliphatic rings. The van der Waals surface area contributed by atoms with Gasteiger partial charge in [-0.15, -0.1) is 0 Å². The molecule has 0 bridgehead atoms. The summed E-state index contributed by atoms with van der Waals surface area (Å²) < 4.78 is 26.3. The average molecular weight is 288 g/mol. The van der Waals surface area contributed by atoms with Crippen molar-refractivity contribution in [2.75, 3.05) is 12.4 Å². The number of rotatable bonds is 3. The SMILES string of the molecule is CNc1ncnc2c1ccn2S(=O)(=O)c1ccccc1. The Hall–Kier alpha value is -2.41. The quantitative estimate of drug-likeness (QED) is 0.794. The van der Waals surface area contributed by atoms with E-state index >= 15 is 0 Å². The van der Waals surface area contributed by atoms with Gasteiger partial charge in [0.2, 0.25) is 0 Å². The van der Waals surface area contributed by atoms with E-state index in [9.17, 15) is 8.42 Å². The lowest BCUT2D eigenvalue weighted by atomic mass is 10.4. The van der Waals surface area contributed by atoms with Crippen LogP contribution in [-0.4, -0.2) is 29.4 Å². The minimum Gasteiger partial charge on any atom is -0.372 e. The van der Waals surface area contributed by atoms with Gasteiger partial charge in [-0.2, -0.15) is 0 Å². The van der Waals surface area contributed by atoms with Crippen LogP contribution in [0.25, 0.3) is 11.0 Å². The predicted molar refractivity (Wildman–Crippen MR) is 76.1 cm³/mol. The summed E-state index contributed by atoms with van der Waals surface area (Å²) >= 11 is 0. The molecular weight excluding hydrogens is 276 g/mol. The number of fused-ring (bicyclic) bond motifs is 1. The second kappa shape index (κ2) is 4.61. The van der Waals surface area contributed by atoms with E-state index in [1.165, 1.54) is 16.5 Å². The molecule has 0 fully saturated rings. The monoisotopic (exact) mass is 288 g/mol. The first kappa shape index (κ1) is 12.6. The summed E-state index contributed by atoms with van der Waals surface area (Å²) in [6, 6.07) is 9.94. The predicted octanol–water partition coefficient (Wildman–Crippen LogP) is 1.71. The third kappa shape index (κ3) is 1.83. The number of hydrogen-bond donors (Lipinski definition) is 1. The van der Waals surface area contributed by atoms with Crippen molar-refractivity contribution < 1.29 is 8.42 Å². The Morgan fingerprint density at radius 2 is 1.85 bits per heavy atom. The van der Waals surface area contributed by atoms with E-state index in [0.29, 0.717) is 16.9 Å². The van der Waals surface area contributed by atoms with Gasteiger partial charge in [0, 0.05) is 13.2 Å². The van der Waals surface area contributed by atoms with Crippen LogP contribution in [0.15, 0.2) is 53.8 Å². The maximum Gasteiger partial charge on any atom is 0.269 e. The molecule has 3 aromatic rings. The van der Waals surface area contributed by atoms with Gasteiger partial charge in [0.25, 0.3) is 10.0 Å². The summed E-state index contributed by atoms with van der Waals surface area (Å²) in [4.78, 5) is 8.36. The number of nitrogens with zero attached hydrogens (tertiary/aromatic N) is 3. The molecule has 0 atom stereocenters. The molecule has 0 spiro atoms. The number of anilines is 1. The van der Waals surface area contributed by atoms with Crippen molar-refractivity contribution in [2.24, 2.45) is 0 Å². The van der Waals surface area contributed by atoms with Gasteiger partial charge in [-0.1, -0.05) is 18.2 Å². The molecule has 0 unspecified atom stereocenters. The van der Waals surface area contributed by atoms with Gasteiger partial charge < -0.3 is 5.32 Å². The largest absolute Gasteiger partial charge is 0.372 e. The molecule has 6 nitrogen and oxygen atoms in total. The van der Waals surface area contributed by atoms with Crippen LogP contribution >= 0.6 is 0 Å². The van der Waals surface area contributed by atoms with E-state index in [1.54, 1.807) is 43.4 Å². The standard InChI is InChI=1S/C13H12N4O2S/c1-14-12-11-7-8-17(13(11)16-9-15-12)20(18,19)10-5-3-2-4-6-10/h2-9H,1H3,(H,14,15,16). The average Bonchev–Trinajstić information content (AvgIpc) is 2.92. The highest BCUT2D eigenvalue weighted by Gasteiger charge is 2.20. The summed E-state index contributed by atoms with van der Waals surface area (Å²) in [6.45, 7) is 0. The molecule has 7 heteroatoms. The van der Waals surface area contributed by atoms with E-state index in [-0.39, 0.29) is 4.90 Å². The molecule has 0 amide bonds. The highest BCUT2D eigenvalue weighted by molar-refractivity contribution is 7.90. The maximum absolute atomic E-state index is 12.6. The van der Waals surface area contributed by atoms with Crippen LogP contribution in [-0.2, 0) is 10.0 Å². The van der Waals surface area contributed by atoms with Crippen molar-refractivity contribution in [1.29, 1.82) is 0 Å². The van der Waals surface area contributed by atoms with E-state index in [0.717, 1.165) is 0 Å². The number of benzene rings is 1. The van der Waals surface area contributed by atoms with Crippen molar-refractivity contribution in [3.05, 3.63) is 48.9 Å². The van der Waals surface area contributed by atoms with Gasteiger partial charge in [0.15, 0.2) is 5.65 Å². The Morgan fingerprint density at radius 1 is 1.10 bits per heavy atom. The van der Waals surface area contributed by atoms with E-state index < -0.39 is 10.0 Å². The molecule has 1 N–H and O–H groups in total. The lowest BCUT2D eigenvalue weighted by Gasteiger charge is -2.07. The molecule has 2 heterocycles. The minimum atomic E-state index is -3.65. The van der Waals surface area contributed by atoms with Crippen LogP contribution in [0.3, 0.4) is 0 Å². The summed E-state index contributed by atoms with van der Waals surface area (Å²) in [5.74, 6) is 0.594. The van der Waals surface area contributed by atoms with Crippen LogP contribution < -0.4 is 5.32 Å². The first-order valence-electron chi connectivity index (χ1n) is 5.95. The lowest BCUT2D eigenvalue weighted by Crippen LogP contribution is -2.12. The van der Waals surface area contributed by atoms with Crippen LogP contribution in [0.1, 0.15) is 0 Å². The zero-order valence-electron chi connectivity index (χ0n) is 10.7. The van der Waals surface area contributed by atoms with Gasteiger partial charge in [0.05, 0.1) is 10.3 Å². The van der Waals surface area contributed by atoms with Crippen molar-refractivity contribution in [1.82, 2.24) is 13.9 Å². The molecule has 0 radical (unpaired) electrons. The Kier molecular flexibility index (Phi) is 2.90. The molecule has 1 aromatic carbocycles. The fourth-order valence-electron chi connectivity index (χ4n) is 2.03. The van der Waals surface area contributed by atoms with Gasteiger partial charge in [-0.25, -0.2) is 22.4 Å². The van der Waals surface area contributed by atoms with E-state index in [2.05, 4.69) is 15.3 Å². The maximum atomic E-state index is 12.6. The number of hydrogen-bond acceptors (Lipinski definition) is 5. The van der Waals surface area contributed by atoms with Crippen molar-refractivity contribution in [3.63, 3.8) is 0 Å². The van der Waals surface area contributed by atoms with E-state index in [4.69, 9.17) is 0 Å². The Balaban J connectivity index is 2.26. The first-order valence-corrected chi connectivity index (χ1v) is 7.39. The van der Waals surface area contributed by atoms with Crippen LogP contribution in [0.4, 0.5) is 5.82 Å². The molecule has 102 valence electrons. The minimum absolute atomic E-state index is 0.224. The second-order valence-electron chi connectivity index (χ2n) is 4.14. The Morgan fingerprint density at radius 3 is 2.55 bits per heavy atom. The normalized spacial score (nSPS) is 11.7. The van der Waals surface area contributed by atoms with Gasteiger partial charge >= 0.3 is 0 Å². The highest BCUT2D eigenvalue weighted by Crippen LogP contribution is 2.23. The molecular formula is C13H12N4O2S. The fourth-order valence-corrected chi connectivity index (χ4v) is 3.35. The van der Waals surface area contributed by atoms with E-state index in [1.807, 2.05) is 0 Å². The van der Waals surface area contributed by atoms with Crippen molar-refractivity contribution in [3.8, 4) is 0 Å². The lowest BCUT2D eigenvalue weighted by molar-refractivity contribution is 0.589. The van der Waals surface area contributed by atoms with Gasteiger partial charge in [-0.3, -0.25) is 0 Å². The molecule has 0 aliphatic carbocycles. The summed E-state index contributed by atoms with van der Waals surface area (Å²) in [5, 5.41) is 3.58. The zero-order chi connectivity index (χ0) is 14.2. The highest BCUT2D eigenvalue weighted by atomic mass is 32.2. The smallest absolute Gasteiger partial charge is 0.269 e. The molecule has 20 heavy (non-hydrogen) atoms. The first-order chi connectivity index (χ1) is 9.64. The second-order valence-corrected chi connectivity index (χ2v) is 5.95. The topological polar surface area (TPSA) is 76.9 Å². The molecule has 0 aliphatic heterocycles. The molecule has 3 rings (SSSR count). The van der Waals surface area contributed by atoms with Gasteiger partial charge in [-0.05, 0) is 18.2 Å². The summed E-state index contributed by atoms with van der Waals surface area (Å²) in [7, 11) is -1.92. The third-order valence-electron chi connectivity index (χ3n) is 2.99. The zero-order valence-corrected chi connectivity index (χ0v) is 11.5. The Bertz CT molecular complexity index is 856. The fraction of sp³-hybridized carbons (Fsp3) is 0.0769. The van der Waals surface area contributed by atoms with Gasteiger partial charge in [0.1, 0.15) is 12.1 Å². The molecule has 2 aromatic heterocycles. The molecule has 0 saturated carbocycles. The number of aromatic nitrogens is 3. The summed E-state index contributed by atoms with van der Waals surface area (Å²) in [5.41, 5.74) is 0.355. The Labute approximate surface area is 116 Å². The van der Waals surface area contributed by atoms with Crippen LogP contribution in [0, 0.1) is 0 Å². The van der Waals surface area contributed by atoms with Crippen molar-refractivity contribution in [2.45, 2.75) is 4.90 Å². The van der Waals surface area contributed by atoms with Crippen molar-refractivity contribution >= 4 is 26.9 Å². The third-order valence-corrected chi connectivity index (χ3v) is 4.67. The van der Waals surface area contributed by atoms with Crippen LogP contribution in [0.2, 0.25) is 0 Å². The van der Waals surface area contributed by atoms with Crippen LogP contribution in [0.5, 0.6) is 0 Å².